The molecule has 1 N–H and O–H groups in total. The smallest absolute Gasteiger partial charge is 0.317 e. The summed E-state index contributed by atoms with van der Waals surface area (Å²) >= 11 is 3.15. The summed E-state index contributed by atoms with van der Waals surface area (Å²) in [6, 6.07) is 5.99. The number of carboxylic acids is 1. The molecule has 0 saturated carbocycles. The Morgan fingerprint density at radius 1 is 1.43 bits per heavy atom. The minimum Gasteiger partial charge on any atom is -0.480 e. The summed E-state index contributed by atoms with van der Waals surface area (Å²) in [5.74, 6) is -0.812. The van der Waals surface area contributed by atoms with Crippen molar-refractivity contribution in [3.05, 3.63) is 34.9 Å². The van der Waals surface area contributed by atoms with Crippen molar-refractivity contribution in [1.82, 2.24) is 0 Å². The van der Waals surface area contributed by atoms with Gasteiger partial charge in [0.2, 0.25) is 0 Å². The molecular weight excluding hydrogens is 244 g/mol. The van der Waals surface area contributed by atoms with E-state index in [1.165, 1.54) is 0 Å². The molecule has 0 aliphatic rings. The van der Waals surface area contributed by atoms with Crippen LogP contribution in [0.1, 0.15) is 16.7 Å². The molecule has 1 atom stereocenters. The Kier molecular flexibility index (Phi) is 3.69. The highest BCUT2D eigenvalue weighted by molar-refractivity contribution is 9.10. The van der Waals surface area contributed by atoms with Crippen LogP contribution >= 0.6 is 15.9 Å². The zero-order valence-electron chi connectivity index (χ0n) is 8.25. The van der Waals surface area contributed by atoms with E-state index in [0.717, 1.165) is 16.7 Å². The van der Waals surface area contributed by atoms with E-state index in [9.17, 15) is 4.79 Å². The first kappa shape index (κ1) is 11.2. The molecule has 0 aliphatic heterocycles. The molecule has 3 heteroatoms. The van der Waals surface area contributed by atoms with Crippen molar-refractivity contribution in [1.29, 1.82) is 0 Å². The monoisotopic (exact) mass is 256 g/mol. The minimum atomic E-state index is -0.812. The van der Waals surface area contributed by atoms with E-state index in [1.807, 2.05) is 32.0 Å². The van der Waals surface area contributed by atoms with Crippen LogP contribution in [-0.2, 0) is 11.2 Å². The summed E-state index contributed by atoms with van der Waals surface area (Å²) in [5.41, 5.74) is 3.42. The number of aliphatic carboxylic acids is 1. The van der Waals surface area contributed by atoms with Crippen LogP contribution in [0.3, 0.4) is 0 Å². The van der Waals surface area contributed by atoms with E-state index >= 15 is 0 Å². The van der Waals surface area contributed by atoms with Crippen LogP contribution in [-0.4, -0.2) is 15.9 Å². The van der Waals surface area contributed by atoms with Gasteiger partial charge in [-0.1, -0.05) is 34.1 Å². The van der Waals surface area contributed by atoms with Crippen LogP contribution in [0.2, 0.25) is 0 Å². The Morgan fingerprint density at radius 3 is 2.36 bits per heavy atom. The number of halogens is 1. The zero-order valence-corrected chi connectivity index (χ0v) is 9.84. The predicted octanol–water partition coefficient (Wildman–Crippen LogP) is 2.69. The maximum absolute atomic E-state index is 10.7. The maximum atomic E-state index is 10.7. The van der Waals surface area contributed by atoms with Crippen molar-refractivity contribution in [2.45, 2.75) is 25.1 Å². The standard InChI is InChI=1S/C11H13BrO2/c1-7-4-3-5-8(2)9(7)6-10(12)11(13)14/h3-5,10H,6H2,1-2H3,(H,13,14). The highest BCUT2D eigenvalue weighted by Gasteiger charge is 2.15. The summed E-state index contributed by atoms with van der Waals surface area (Å²) in [7, 11) is 0. The lowest BCUT2D eigenvalue weighted by Crippen LogP contribution is -2.16. The normalized spacial score (nSPS) is 12.5. The van der Waals surface area contributed by atoms with Gasteiger partial charge in [-0.2, -0.15) is 0 Å². The molecule has 0 radical (unpaired) electrons. The first-order valence-corrected chi connectivity index (χ1v) is 5.36. The second-order valence-corrected chi connectivity index (χ2v) is 4.49. The van der Waals surface area contributed by atoms with E-state index in [0.29, 0.717) is 6.42 Å². The number of carbonyl (C=O) groups is 1. The van der Waals surface area contributed by atoms with Crippen molar-refractivity contribution in [3.8, 4) is 0 Å². The molecule has 0 aliphatic carbocycles. The molecule has 0 spiro atoms. The fourth-order valence-electron chi connectivity index (χ4n) is 1.44. The molecule has 0 amide bonds. The Balaban J connectivity index is 2.91. The SMILES string of the molecule is Cc1cccc(C)c1CC(Br)C(=O)O. The van der Waals surface area contributed by atoms with Crippen molar-refractivity contribution < 1.29 is 9.90 Å². The topological polar surface area (TPSA) is 37.3 Å². The minimum absolute atomic E-state index is 0.498. The summed E-state index contributed by atoms with van der Waals surface area (Å²) in [6.07, 6.45) is 0.536. The quantitative estimate of drug-likeness (QED) is 0.845. The summed E-state index contributed by atoms with van der Waals surface area (Å²) in [4.78, 5) is 10.2. The number of rotatable bonds is 3. The molecule has 1 unspecified atom stereocenters. The van der Waals surface area contributed by atoms with E-state index in [1.54, 1.807) is 0 Å². The lowest BCUT2D eigenvalue weighted by atomic mass is 9.99. The largest absolute Gasteiger partial charge is 0.480 e. The van der Waals surface area contributed by atoms with E-state index < -0.39 is 10.8 Å². The number of benzene rings is 1. The predicted molar refractivity (Wildman–Crippen MR) is 60.0 cm³/mol. The molecule has 1 rings (SSSR count). The third-order valence-corrected chi connectivity index (χ3v) is 3.01. The molecule has 2 nitrogen and oxygen atoms in total. The van der Waals surface area contributed by atoms with Gasteiger partial charge in [-0.3, -0.25) is 4.79 Å². The second kappa shape index (κ2) is 4.60. The Bertz CT molecular complexity index is 327. The number of alkyl halides is 1. The highest BCUT2D eigenvalue weighted by Crippen LogP contribution is 2.18. The summed E-state index contributed by atoms with van der Waals surface area (Å²) in [6.45, 7) is 4.01. The number of aryl methyl sites for hydroxylation is 2. The van der Waals surface area contributed by atoms with E-state index in [2.05, 4.69) is 15.9 Å². The van der Waals surface area contributed by atoms with Gasteiger partial charge in [-0.15, -0.1) is 0 Å². The van der Waals surface area contributed by atoms with E-state index in [-0.39, 0.29) is 0 Å². The van der Waals surface area contributed by atoms with Crippen molar-refractivity contribution in [3.63, 3.8) is 0 Å². The van der Waals surface area contributed by atoms with Crippen LogP contribution in [0, 0.1) is 13.8 Å². The molecule has 0 bridgehead atoms. The van der Waals surface area contributed by atoms with Crippen LogP contribution in [0.25, 0.3) is 0 Å². The maximum Gasteiger partial charge on any atom is 0.317 e. The van der Waals surface area contributed by atoms with Crippen LogP contribution < -0.4 is 0 Å². The number of carboxylic acid groups (broad SMARTS) is 1. The first-order valence-electron chi connectivity index (χ1n) is 4.44. The molecule has 0 heterocycles. The fourth-order valence-corrected chi connectivity index (χ4v) is 1.76. The molecule has 1 aromatic rings. The third-order valence-electron chi connectivity index (χ3n) is 2.30. The summed E-state index contributed by atoms with van der Waals surface area (Å²) in [5, 5.41) is 8.78. The van der Waals surface area contributed by atoms with Gasteiger partial charge < -0.3 is 5.11 Å². The van der Waals surface area contributed by atoms with Crippen LogP contribution in [0.5, 0.6) is 0 Å². The van der Waals surface area contributed by atoms with Gasteiger partial charge in [0.05, 0.1) is 0 Å². The number of hydrogen-bond donors (Lipinski definition) is 1. The fraction of sp³-hybridized carbons (Fsp3) is 0.364. The third kappa shape index (κ3) is 2.58. The van der Waals surface area contributed by atoms with Gasteiger partial charge in [0.15, 0.2) is 0 Å². The van der Waals surface area contributed by atoms with Gasteiger partial charge in [0.25, 0.3) is 0 Å². The van der Waals surface area contributed by atoms with Gasteiger partial charge in [-0.25, -0.2) is 0 Å². The van der Waals surface area contributed by atoms with E-state index in [4.69, 9.17) is 5.11 Å². The Morgan fingerprint density at radius 2 is 1.93 bits per heavy atom. The van der Waals surface area contributed by atoms with Crippen molar-refractivity contribution >= 4 is 21.9 Å². The van der Waals surface area contributed by atoms with Gasteiger partial charge in [0.1, 0.15) is 4.83 Å². The summed E-state index contributed by atoms with van der Waals surface area (Å²) < 4.78 is 0. The first-order chi connectivity index (χ1) is 6.52. The Hall–Kier alpha value is -0.830. The Labute approximate surface area is 92.1 Å². The highest BCUT2D eigenvalue weighted by atomic mass is 79.9. The van der Waals surface area contributed by atoms with Gasteiger partial charge in [0, 0.05) is 0 Å². The average Bonchev–Trinajstić information content (AvgIpc) is 2.11. The van der Waals surface area contributed by atoms with Crippen LogP contribution in [0.4, 0.5) is 0 Å². The van der Waals surface area contributed by atoms with Crippen LogP contribution in [0.15, 0.2) is 18.2 Å². The van der Waals surface area contributed by atoms with Gasteiger partial charge >= 0.3 is 5.97 Å². The molecule has 14 heavy (non-hydrogen) atoms. The molecule has 0 saturated heterocycles. The second-order valence-electron chi connectivity index (χ2n) is 3.38. The number of hydrogen-bond acceptors (Lipinski definition) is 1. The molecule has 76 valence electrons. The molecule has 0 fully saturated rings. The molecule has 1 aromatic carbocycles. The van der Waals surface area contributed by atoms with Gasteiger partial charge in [-0.05, 0) is 37.0 Å². The molecular formula is C11H13BrO2. The lowest BCUT2D eigenvalue weighted by molar-refractivity contribution is -0.136. The van der Waals surface area contributed by atoms with Crippen molar-refractivity contribution in [2.24, 2.45) is 0 Å². The lowest BCUT2D eigenvalue weighted by Gasteiger charge is -2.10. The zero-order chi connectivity index (χ0) is 10.7. The average molecular weight is 257 g/mol. The molecule has 0 aromatic heterocycles. The van der Waals surface area contributed by atoms with Crippen molar-refractivity contribution in [2.75, 3.05) is 0 Å².